The molecule has 2 aliphatic rings. The normalized spacial score (nSPS) is 26.6. The highest BCUT2D eigenvalue weighted by molar-refractivity contribution is 5.76. The van der Waals surface area contributed by atoms with Crippen molar-refractivity contribution in [2.24, 2.45) is 5.92 Å². The van der Waals surface area contributed by atoms with E-state index < -0.39 is 5.97 Å². The number of likely N-dealkylation sites (tertiary alicyclic amines) is 1. The number of pyridine rings is 1. The first-order valence-electron chi connectivity index (χ1n) is 9.29. The highest BCUT2D eigenvalue weighted by Crippen LogP contribution is 2.31. The molecule has 3 atom stereocenters. The minimum atomic E-state index is -0.743. The monoisotopic (exact) mass is 345 g/mol. The maximum atomic E-state index is 12.1. The Hall–Kier alpha value is -1.95. The second-order valence-electron chi connectivity index (χ2n) is 7.20. The molecule has 6 heteroatoms. The van der Waals surface area contributed by atoms with Crippen molar-refractivity contribution in [1.82, 2.24) is 15.2 Å². The minimum Gasteiger partial charge on any atom is -0.481 e. The largest absolute Gasteiger partial charge is 0.481 e. The molecular formula is C19H27N3O3. The first kappa shape index (κ1) is 17.9. The van der Waals surface area contributed by atoms with Crippen LogP contribution in [0.15, 0.2) is 24.5 Å². The quantitative estimate of drug-likeness (QED) is 0.793. The Morgan fingerprint density at radius 2 is 2.20 bits per heavy atom. The number of hydrogen-bond donors (Lipinski definition) is 2. The van der Waals surface area contributed by atoms with Gasteiger partial charge in [-0.3, -0.25) is 19.5 Å². The van der Waals surface area contributed by atoms with Crippen LogP contribution in [0.25, 0.3) is 0 Å². The van der Waals surface area contributed by atoms with Gasteiger partial charge in [-0.1, -0.05) is 6.07 Å². The molecule has 0 aromatic carbocycles. The molecule has 1 aliphatic carbocycles. The van der Waals surface area contributed by atoms with E-state index in [1.807, 2.05) is 12.3 Å². The molecule has 1 saturated heterocycles. The standard InChI is InChI=1S/C19H27N3O3/c23-18(21-16-8-7-14(12-16)19(24)25)6-3-11-22-10-2-5-17(22)15-4-1-9-20-13-15/h1,4,9,13-14,16-17H,2-3,5-8,10-12H2,(H,21,23)(H,24,25)/t14?,16?,17-/m0/s1. The first-order valence-corrected chi connectivity index (χ1v) is 9.29. The number of carbonyl (C=O) groups is 2. The predicted molar refractivity (Wildman–Crippen MR) is 93.9 cm³/mol. The zero-order chi connectivity index (χ0) is 17.6. The van der Waals surface area contributed by atoms with E-state index in [-0.39, 0.29) is 17.9 Å². The van der Waals surface area contributed by atoms with E-state index >= 15 is 0 Å². The van der Waals surface area contributed by atoms with Crippen LogP contribution in [-0.2, 0) is 9.59 Å². The summed E-state index contributed by atoms with van der Waals surface area (Å²) in [5, 5.41) is 12.0. The topological polar surface area (TPSA) is 82.5 Å². The third kappa shape index (κ3) is 4.78. The van der Waals surface area contributed by atoms with Crippen LogP contribution >= 0.6 is 0 Å². The molecule has 25 heavy (non-hydrogen) atoms. The Labute approximate surface area is 148 Å². The Kier molecular flexibility index (Phi) is 6.02. The van der Waals surface area contributed by atoms with Gasteiger partial charge in [0, 0.05) is 30.9 Å². The van der Waals surface area contributed by atoms with Crippen LogP contribution in [0.4, 0.5) is 0 Å². The van der Waals surface area contributed by atoms with E-state index in [1.54, 1.807) is 6.20 Å². The van der Waals surface area contributed by atoms with Crippen LogP contribution in [0.2, 0.25) is 0 Å². The molecule has 2 unspecified atom stereocenters. The Bertz CT molecular complexity index is 593. The van der Waals surface area contributed by atoms with Gasteiger partial charge < -0.3 is 10.4 Å². The maximum Gasteiger partial charge on any atom is 0.306 e. The third-order valence-corrected chi connectivity index (χ3v) is 5.43. The molecule has 2 N–H and O–H groups in total. The Balaban J connectivity index is 1.39. The molecule has 6 nitrogen and oxygen atoms in total. The van der Waals surface area contributed by atoms with Gasteiger partial charge in [0.25, 0.3) is 0 Å². The lowest BCUT2D eigenvalue weighted by Gasteiger charge is -2.24. The fourth-order valence-electron chi connectivity index (χ4n) is 4.12. The van der Waals surface area contributed by atoms with Gasteiger partial charge in [-0.25, -0.2) is 0 Å². The van der Waals surface area contributed by atoms with Crippen molar-refractivity contribution in [3.8, 4) is 0 Å². The van der Waals surface area contributed by atoms with Crippen molar-refractivity contribution in [2.75, 3.05) is 13.1 Å². The van der Waals surface area contributed by atoms with Gasteiger partial charge in [0.05, 0.1) is 5.92 Å². The second kappa shape index (κ2) is 8.43. The predicted octanol–water partition coefficient (Wildman–Crippen LogP) is 2.37. The maximum absolute atomic E-state index is 12.1. The Morgan fingerprint density at radius 3 is 2.92 bits per heavy atom. The summed E-state index contributed by atoms with van der Waals surface area (Å²) < 4.78 is 0. The lowest BCUT2D eigenvalue weighted by molar-refractivity contribution is -0.141. The zero-order valence-electron chi connectivity index (χ0n) is 14.6. The van der Waals surface area contributed by atoms with Gasteiger partial charge in [-0.05, 0) is 63.2 Å². The molecule has 0 spiro atoms. The molecule has 1 aliphatic heterocycles. The van der Waals surface area contributed by atoms with Crippen LogP contribution in [0, 0.1) is 5.92 Å². The molecule has 3 rings (SSSR count). The SMILES string of the molecule is O=C(CCCN1CCC[C@H]1c1cccnc1)NC1CCC(C(=O)O)C1. The van der Waals surface area contributed by atoms with Gasteiger partial charge in [0.2, 0.25) is 5.91 Å². The summed E-state index contributed by atoms with van der Waals surface area (Å²) in [5.41, 5.74) is 1.26. The van der Waals surface area contributed by atoms with E-state index in [2.05, 4.69) is 21.3 Å². The van der Waals surface area contributed by atoms with Crippen LogP contribution in [-0.4, -0.2) is 46.0 Å². The van der Waals surface area contributed by atoms with Crippen molar-refractivity contribution in [1.29, 1.82) is 0 Å². The fraction of sp³-hybridized carbons (Fsp3) is 0.632. The van der Waals surface area contributed by atoms with Gasteiger partial charge in [-0.2, -0.15) is 0 Å². The lowest BCUT2D eigenvalue weighted by atomic mass is 10.1. The smallest absolute Gasteiger partial charge is 0.306 e. The molecule has 1 aromatic heterocycles. The first-order chi connectivity index (χ1) is 12.1. The van der Waals surface area contributed by atoms with Gasteiger partial charge in [0.1, 0.15) is 0 Å². The summed E-state index contributed by atoms with van der Waals surface area (Å²) in [7, 11) is 0. The number of hydrogen-bond acceptors (Lipinski definition) is 4. The summed E-state index contributed by atoms with van der Waals surface area (Å²) >= 11 is 0. The van der Waals surface area contributed by atoms with Crippen LogP contribution < -0.4 is 5.32 Å². The summed E-state index contributed by atoms with van der Waals surface area (Å²) in [6.45, 7) is 1.99. The van der Waals surface area contributed by atoms with E-state index in [4.69, 9.17) is 5.11 Å². The fourth-order valence-corrected chi connectivity index (χ4v) is 4.12. The van der Waals surface area contributed by atoms with E-state index in [0.717, 1.165) is 32.4 Å². The summed E-state index contributed by atoms with van der Waals surface area (Å²) in [6.07, 6.45) is 9.41. The minimum absolute atomic E-state index is 0.0310. The number of nitrogens with zero attached hydrogens (tertiary/aromatic N) is 2. The number of aliphatic carboxylic acids is 1. The van der Waals surface area contributed by atoms with E-state index in [0.29, 0.717) is 25.3 Å². The molecule has 0 bridgehead atoms. The number of carbonyl (C=O) groups excluding carboxylic acids is 1. The van der Waals surface area contributed by atoms with Crippen molar-refractivity contribution in [2.45, 2.75) is 57.0 Å². The lowest BCUT2D eigenvalue weighted by Crippen LogP contribution is -2.34. The average Bonchev–Trinajstić information content (AvgIpc) is 3.25. The molecule has 136 valence electrons. The molecule has 1 amide bonds. The Morgan fingerprint density at radius 1 is 1.32 bits per heavy atom. The van der Waals surface area contributed by atoms with Crippen molar-refractivity contribution < 1.29 is 14.7 Å². The molecule has 1 aromatic rings. The van der Waals surface area contributed by atoms with Crippen molar-refractivity contribution in [3.63, 3.8) is 0 Å². The number of carboxylic acids is 1. The summed E-state index contributed by atoms with van der Waals surface area (Å²) in [6, 6.07) is 4.55. The van der Waals surface area contributed by atoms with Crippen LogP contribution in [0.1, 0.15) is 56.6 Å². The second-order valence-corrected chi connectivity index (χ2v) is 7.20. The van der Waals surface area contributed by atoms with Gasteiger partial charge in [0.15, 0.2) is 0 Å². The molecule has 2 heterocycles. The summed E-state index contributed by atoms with van der Waals surface area (Å²) in [5.74, 6) is -0.990. The van der Waals surface area contributed by atoms with E-state index in [1.165, 1.54) is 12.0 Å². The zero-order valence-corrected chi connectivity index (χ0v) is 14.6. The highest BCUT2D eigenvalue weighted by atomic mass is 16.4. The van der Waals surface area contributed by atoms with Crippen LogP contribution in [0.5, 0.6) is 0 Å². The van der Waals surface area contributed by atoms with Gasteiger partial charge >= 0.3 is 5.97 Å². The number of carboxylic acid groups (broad SMARTS) is 1. The number of aromatic nitrogens is 1. The van der Waals surface area contributed by atoms with Crippen molar-refractivity contribution >= 4 is 11.9 Å². The van der Waals surface area contributed by atoms with Crippen LogP contribution in [0.3, 0.4) is 0 Å². The summed E-state index contributed by atoms with van der Waals surface area (Å²) in [4.78, 5) is 29.8. The highest BCUT2D eigenvalue weighted by Gasteiger charge is 2.30. The third-order valence-electron chi connectivity index (χ3n) is 5.43. The number of rotatable bonds is 7. The molecular weight excluding hydrogens is 318 g/mol. The number of nitrogens with one attached hydrogen (secondary N) is 1. The molecule has 2 fully saturated rings. The molecule has 1 saturated carbocycles. The van der Waals surface area contributed by atoms with Crippen molar-refractivity contribution in [3.05, 3.63) is 30.1 Å². The number of amides is 1. The molecule has 0 radical (unpaired) electrons. The average molecular weight is 345 g/mol. The van der Waals surface area contributed by atoms with Gasteiger partial charge in [-0.15, -0.1) is 0 Å². The van der Waals surface area contributed by atoms with E-state index in [9.17, 15) is 9.59 Å².